The number of halogens is 2. The van der Waals surface area contributed by atoms with E-state index in [-0.39, 0.29) is 0 Å². The molecule has 1 N–H and O–H groups in total. The summed E-state index contributed by atoms with van der Waals surface area (Å²) in [6.45, 7) is 0.329. The standard InChI is InChI=1S/C10H9Cl2N3OS/c1-16-5-8-13-14-10(17)15(8)7-4-2-3-6(11)9(7)12/h2-4H,5H2,1H3,(H,14,17). The zero-order valence-electron chi connectivity index (χ0n) is 8.91. The van der Waals surface area contributed by atoms with Crippen LogP contribution < -0.4 is 0 Å². The monoisotopic (exact) mass is 289 g/mol. The van der Waals surface area contributed by atoms with E-state index in [9.17, 15) is 0 Å². The fourth-order valence-corrected chi connectivity index (χ4v) is 2.10. The number of rotatable bonds is 3. The first-order valence-corrected chi connectivity index (χ1v) is 5.91. The first-order valence-electron chi connectivity index (χ1n) is 4.74. The van der Waals surface area contributed by atoms with E-state index in [0.717, 1.165) is 0 Å². The molecular weight excluding hydrogens is 281 g/mol. The molecule has 0 radical (unpaired) electrons. The summed E-state index contributed by atoms with van der Waals surface area (Å²) in [6, 6.07) is 5.33. The zero-order chi connectivity index (χ0) is 12.4. The quantitative estimate of drug-likeness (QED) is 0.881. The van der Waals surface area contributed by atoms with E-state index in [1.54, 1.807) is 23.8 Å². The van der Waals surface area contributed by atoms with Gasteiger partial charge in [-0.3, -0.25) is 9.67 Å². The van der Waals surface area contributed by atoms with Crippen molar-refractivity contribution >= 4 is 35.4 Å². The van der Waals surface area contributed by atoms with Crippen LogP contribution in [0.4, 0.5) is 0 Å². The Balaban J connectivity index is 2.63. The van der Waals surface area contributed by atoms with Gasteiger partial charge in [-0.2, -0.15) is 5.10 Å². The molecule has 0 bridgehead atoms. The largest absolute Gasteiger partial charge is 0.377 e. The molecule has 90 valence electrons. The van der Waals surface area contributed by atoms with Gasteiger partial charge in [0.2, 0.25) is 0 Å². The van der Waals surface area contributed by atoms with Crippen LogP contribution >= 0.6 is 35.4 Å². The number of aromatic amines is 1. The van der Waals surface area contributed by atoms with Gasteiger partial charge in [0.05, 0.1) is 15.7 Å². The number of ether oxygens (including phenoxy) is 1. The van der Waals surface area contributed by atoms with Crippen LogP contribution in [0.1, 0.15) is 5.82 Å². The number of nitrogens with one attached hydrogen (secondary N) is 1. The molecule has 0 saturated heterocycles. The molecule has 0 atom stereocenters. The number of hydrogen-bond donors (Lipinski definition) is 1. The van der Waals surface area contributed by atoms with Gasteiger partial charge in [0.25, 0.3) is 0 Å². The third kappa shape index (κ3) is 2.37. The summed E-state index contributed by atoms with van der Waals surface area (Å²) in [4.78, 5) is 0. The van der Waals surface area contributed by atoms with Crippen molar-refractivity contribution < 1.29 is 4.74 Å². The Hall–Kier alpha value is -0.880. The molecule has 7 heteroatoms. The van der Waals surface area contributed by atoms with Crippen molar-refractivity contribution in [2.45, 2.75) is 6.61 Å². The van der Waals surface area contributed by atoms with Crippen LogP contribution in [0, 0.1) is 4.77 Å². The van der Waals surface area contributed by atoms with Gasteiger partial charge >= 0.3 is 0 Å². The highest BCUT2D eigenvalue weighted by Crippen LogP contribution is 2.29. The summed E-state index contributed by atoms with van der Waals surface area (Å²) in [6.07, 6.45) is 0. The van der Waals surface area contributed by atoms with E-state index >= 15 is 0 Å². The lowest BCUT2D eigenvalue weighted by Crippen LogP contribution is -2.03. The van der Waals surface area contributed by atoms with E-state index in [2.05, 4.69) is 10.2 Å². The Morgan fingerprint density at radius 1 is 1.47 bits per heavy atom. The number of methoxy groups -OCH3 is 1. The highest BCUT2D eigenvalue weighted by molar-refractivity contribution is 7.71. The third-order valence-corrected chi connectivity index (χ3v) is 3.27. The average molecular weight is 290 g/mol. The van der Waals surface area contributed by atoms with Gasteiger partial charge in [-0.25, -0.2) is 0 Å². The minimum absolute atomic E-state index is 0.329. The highest BCUT2D eigenvalue weighted by Gasteiger charge is 2.12. The molecule has 0 unspecified atom stereocenters. The fourth-order valence-electron chi connectivity index (χ4n) is 1.47. The lowest BCUT2D eigenvalue weighted by molar-refractivity contribution is 0.176. The summed E-state index contributed by atoms with van der Waals surface area (Å²) in [5.74, 6) is 0.640. The Morgan fingerprint density at radius 3 is 2.94 bits per heavy atom. The van der Waals surface area contributed by atoms with Crippen molar-refractivity contribution in [2.75, 3.05) is 7.11 Å². The van der Waals surface area contributed by atoms with Crippen LogP contribution in [0.2, 0.25) is 10.0 Å². The van der Waals surface area contributed by atoms with Crippen LogP contribution in [-0.4, -0.2) is 21.9 Å². The van der Waals surface area contributed by atoms with Crippen LogP contribution in [0.25, 0.3) is 5.69 Å². The Bertz CT molecular complexity index is 593. The molecule has 0 saturated carbocycles. The SMILES string of the molecule is COCc1n[nH]c(=S)n1-c1cccc(Cl)c1Cl. The maximum absolute atomic E-state index is 6.15. The minimum atomic E-state index is 0.329. The topological polar surface area (TPSA) is 42.8 Å². The molecule has 17 heavy (non-hydrogen) atoms. The Morgan fingerprint density at radius 2 is 2.24 bits per heavy atom. The molecule has 1 aromatic heterocycles. The average Bonchev–Trinajstić information content (AvgIpc) is 2.65. The second kappa shape index (κ2) is 5.18. The van der Waals surface area contributed by atoms with Crippen LogP contribution in [0.15, 0.2) is 18.2 Å². The van der Waals surface area contributed by atoms with Crippen LogP contribution in [-0.2, 0) is 11.3 Å². The van der Waals surface area contributed by atoms with E-state index < -0.39 is 0 Å². The second-order valence-corrected chi connectivity index (χ2v) is 4.46. The van der Waals surface area contributed by atoms with Crippen molar-refractivity contribution in [3.63, 3.8) is 0 Å². The molecule has 0 spiro atoms. The summed E-state index contributed by atoms with van der Waals surface area (Å²) in [5, 5.41) is 7.68. The molecule has 0 aliphatic rings. The van der Waals surface area contributed by atoms with Gasteiger partial charge in [0.15, 0.2) is 10.6 Å². The predicted molar refractivity (Wildman–Crippen MR) is 69.5 cm³/mol. The zero-order valence-corrected chi connectivity index (χ0v) is 11.2. The molecule has 2 aromatic rings. The molecule has 0 amide bonds. The fraction of sp³-hybridized carbons (Fsp3) is 0.200. The van der Waals surface area contributed by atoms with Crippen molar-refractivity contribution in [2.24, 2.45) is 0 Å². The molecule has 0 aliphatic carbocycles. The van der Waals surface area contributed by atoms with Gasteiger partial charge in [-0.15, -0.1) is 0 Å². The maximum Gasteiger partial charge on any atom is 0.199 e. The Labute approximate surface area is 113 Å². The van der Waals surface area contributed by atoms with Gasteiger partial charge in [-0.05, 0) is 24.4 Å². The predicted octanol–water partition coefficient (Wildman–Crippen LogP) is 3.38. The summed E-state index contributed by atoms with van der Waals surface area (Å²) < 4.78 is 7.19. The summed E-state index contributed by atoms with van der Waals surface area (Å²) >= 11 is 17.3. The van der Waals surface area contributed by atoms with E-state index in [1.165, 1.54) is 0 Å². The van der Waals surface area contributed by atoms with Gasteiger partial charge in [0.1, 0.15) is 6.61 Å². The lowest BCUT2D eigenvalue weighted by Gasteiger charge is -2.08. The number of benzene rings is 1. The van der Waals surface area contributed by atoms with E-state index in [0.29, 0.717) is 32.9 Å². The first-order chi connectivity index (χ1) is 8.15. The molecule has 4 nitrogen and oxygen atoms in total. The van der Waals surface area contributed by atoms with E-state index in [1.807, 2.05) is 6.07 Å². The number of aromatic nitrogens is 3. The van der Waals surface area contributed by atoms with Crippen molar-refractivity contribution in [1.82, 2.24) is 14.8 Å². The molecular formula is C10H9Cl2N3OS. The summed E-state index contributed by atoms with van der Waals surface area (Å²) in [5.41, 5.74) is 0.685. The number of nitrogens with zero attached hydrogens (tertiary/aromatic N) is 2. The minimum Gasteiger partial charge on any atom is -0.377 e. The van der Waals surface area contributed by atoms with Gasteiger partial charge < -0.3 is 4.74 Å². The maximum atomic E-state index is 6.15. The van der Waals surface area contributed by atoms with Gasteiger partial charge in [-0.1, -0.05) is 29.3 Å². The highest BCUT2D eigenvalue weighted by atomic mass is 35.5. The second-order valence-electron chi connectivity index (χ2n) is 3.29. The van der Waals surface area contributed by atoms with Crippen molar-refractivity contribution in [3.8, 4) is 5.69 Å². The molecule has 1 aromatic carbocycles. The third-order valence-electron chi connectivity index (χ3n) is 2.19. The number of H-pyrrole nitrogens is 1. The first kappa shape index (κ1) is 12.6. The van der Waals surface area contributed by atoms with Crippen molar-refractivity contribution in [3.05, 3.63) is 38.8 Å². The van der Waals surface area contributed by atoms with Crippen molar-refractivity contribution in [1.29, 1.82) is 0 Å². The smallest absolute Gasteiger partial charge is 0.199 e. The van der Waals surface area contributed by atoms with E-state index in [4.69, 9.17) is 40.2 Å². The van der Waals surface area contributed by atoms with Crippen LogP contribution in [0.3, 0.4) is 0 Å². The normalized spacial score (nSPS) is 10.8. The lowest BCUT2D eigenvalue weighted by atomic mass is 10.3. The molecule has 2 rings (SSSR count). The summed E-state index contributed by atoms with van der Waals surface area (Å²) in [7, 11) is 1.58. The van der Waals surface area contributed by atoms with Gasteiger partial charge in [0, 0.05) is 7.11 Å². The number of hydrogen-bond acceptors (Lipinski definition) is 3. The molecule has 0 aliphatic heterocycles. The molecule has 1 heterocycles. The molecule has 0 fully saturated rings. The Kier molecular flexibility index (Phi) is 3.83. The van der Waals surface area contributed by atoms with Crippen LogP contribution in [0.5, 0.6) is 0 Å².